The van der Waals surface area contributed by atoms with Crippen LogP contribution in [0.4, 0.5) is 0 Å². The Labute approximate surface area is 144 Å². The van der Waals surface area contributed by atoms with Crippen molar-refractivity contribution in [1.82, 2.24) is 9.80 Å². The average Bonchev–Trinajstić information content (AvgIpc) is 3.01. The number of ether oxygens (including phenoxy) is 1. The van der Waals surface area contributed by atoms with Gasteiger partial charge in [0.1, 0.15) is 0 Å². The predicted molar refractivity (Wildman–Crippen MR) is 92.9 cm³/mol. The fourth-order valence-electron chi connectivity index (χ4n) is 3.75. The maximum absolute atomic E-state index is 12.7. The maximum Gasteiger partial charge on any atom is 0.253 e. The van der Waals surface area contributed by atoms with Crippen LogP contribution in [0.3, 0.4) is 0 Å². The first-order valence-corrected chi connectivity index (χ1v) is 8.93. The number of morpholine rings is 1. The van der Waals surface area contributed by atoms with Crippen molar-refractivity contribution in [3.63, 3.8) is 0 Å². The van der Waals surface area contributed by atoms with Crippen molar-refractivity contribution in [3.05, 3.63) is 35.4 Å². The number of hydrogen-bond acceptors (Lipinski definition) is 4. The third-order valence-corrected chi connectivity index (χ3v) is 5.10. The SMILES string of the molecule is CN(CC1(O)CCCC1)C(=O)c1cccc(CN2CCOCC2)c1. The summed E-state index contributed by atoms with van der Waals surface area (Å²) < 4.78 is 5.38. The van der Waals surface area contributed by atoms with E-state index >= 15 is 0 Å². The molecule has 1 saturated heterocycles. The molecule has 1 N–H and O–H groups in total. The van der Waals surface area contributed by atoms with Gasteiger partial charge in [0, 0.05) is 38.8 Å². The molecule has 1 amide bonds. The molecule has 0 bridgehead atoms. The van der Waals surface area contributed by atoms with Gasteiger partial charge in [-0.3, -0.25) is 9.69 Å². The van der Waals surface area contributed by atoms with Crippen molar-refractivity contribution in [2.45, 2.75) is 37.8 Å². The van der Waals surface area contributed by atoms with Crippen molar-refractivity contribution < 1.29 is 14.6 Å². The number of carbonyl (C=O) groups excluding carboxylic acids is 1. The summed E-state index contributed by atoms with van der Waals surface area (Å²) in [6, 6.07) is 7.85. The number of benzene rings is 1. The summed E-state index contributed by atoms with van der Waals surface area (Å²) in [5.41, 5.74) is 1.15. The number of hydrogen-bond donors (Lipinski definition) is 1. The zero-order chi connectivity index (χ0) is 17.0. The van der Waals surface area contributed by atoms with Gasteiger partial charge in [-0.2, -0.15) is 0 Å². The highest BCUT2D eigenvalue weighted by atomic mass is 16.5. The average molecular weight is 332 g/mol. The normalized spacial score (nSPS) is 20.9. The van der Waals surface area contributed by atoms with Crippen LogP contribution in [0.5, 0.6) is 0 Å². The summed E-state index contributed by atoms with van der Waals surface area (Å²) >= 11 is 0. The molecule has 3 rings (SSSR count). The lowest BCUT2D eigenvalue weighted by atomic mass is 10.0. The minimum absolute atomic E-state index is 0.0147. The molecule has 1 aliphatic heterocycles. The summed E-state index contributed by atoms with van der Waals surface area (Å²) in [4.78, 5) is 16.7. The van der Waals surface area contributed by atoms with Crippen molar-refractivity contribution in [1.29, 1.82) is 0 Å². The molecule has 1 saturated carbocycles. The Balaban J connectivity index is 1.62. The van der Waals surface area contributed by atoms with Crippen molar-refractivity contribution in [2.24, 2.45) is 0 Å². The van der Waals surface area contributed by atoms with E-state index in [2.05, 4.69) is 11.0 Å². The van der Waals surface area contributed by atoms with Crippen molar-refractivity contribution >= 4 is 5.91 Å². The molecule has 0 unspecified atom stereocenters. The summed E-state index contributed by atoms with van der Waals surface area (Å²) in [6.45, 7) is 4.69. The van der Waals surface area contributed by atoms with E-state index in [-0.39, 0.29) is 5.91 Å². The molecule has 0 atom stereocenters. The highest BCUT2D eigenvalue weighted by molar-refractivity contribution is 5.94. The third kappa shape index (κ3) is 4.35. The van der Waals surface area contributed by atoms with Gasteiger partial charge < -0.3 is 14.7 Å². The first-order chi connectivity index (χ1) is 11.6. The molecule has 0 spiro atoms. The second-order valence-corrected chi connectivity index (χ2v) is 7.18. The van der Waals surface area contributed by atoms with Crippen LogP contribution in [0, 0.1) is 0 Å². The summed E-state index contributed by atoms with van der Waals surface area (Å²) in [7, 11) is 1.78. The van der Waals surface area contributed by atoms with Crippen molar-refractivity contribution in [2.75, 3.05) is 39.9 Å². The molecule has 1 heterocycles. The topological polar surface area (TPSA) is 53.0 Å². The second kappa shape index (κ2) is 7.64. The lowest BCUT2D eigenvalue weighted by Gasteiger charge is -2.29. The molecule has 5 heteroatoms. The van der Waals surface area contributed by atoms with Crippen molar-refractivity contribution in [3.8, 4) is 0 Å². The molecule has 1 aromatic carbocycles. The minimum Gasteiger partial charge on any atom is -0.388 e. The van der Waals surface area contributed by atoms with Crippen LogP contribution in [0.25, 0.3) is 0 Å². The van der Waals surface area contributed by atoms with Crippen LogP contribution >= 0.6 is 0 Å². The molecule has 1 aliphatic carbocycles. The highest BCUT2D eigenvalue weighted by Crippen LogP contribution is 2.30. The van der Waals surface area contributed by atoms with Gasteiger partial charge in [0.05, 0.1) is 18.8 Å². The summed E-state index contributed by atoms with van der Waals surface area (Å²) in [5.74, 6) is -0.0147. The van der Waals surface area contributed by atoms with Crippen LogP contribution in [0.2, 0.25) is 0 Å². The zero-order valence-corrected chi connectivity index (χ0v) is 14.5. The van der Waals surface area contributed by atoms with E-state index < -0.39 is 5.60 Å². The van der Waals surface area contributed by atoms with Crippen LogP contribution in [0.15, 0.2) is 24.3 Å². The zero-order valence-electron chi connectivity index (χ0n) is 14.5. The van der Waals surface area contributed by atoms with Gasteiger partial charge in [-0.05, 0) is 30.5 Å². The minimum atomic E-state index is -0.699. The lowest BCUT2D eigenvalue weighted by Crippen LogP contribution is -2.42. The quantitative estimate of drug-likeness (QED) is 0.895. The van der Waals surface area contributed by atoms with Crippen LogP contribution in [0.1, 0.15) is 41.6 Å². The molecule has 0 radical (unpaired) electrons. The van der Waals surface area contributed by atoms with E-state index in [9.17, 15) is 9.90 Å². The Bertz CT molecular complexity index is 563. The number of carbonyl (C=O) groups is 1. The Hall–Kier alpha value is -1.43. The number of rotatable bonds is 5. The maximum atomic E-state index is 12.7. The van der Waals surface area contributed by atoms with Gasteiger partial charge in [-0.15, -0.1) is 0 Å². The molecule has 0 aromatic heterocycles. The van der Waals surface area contributed by atoms with Gasteiger partial charge in [-0.25, -0.2) is 0 Å². The van der Waals surface area contributed by atoms with Crippen LogP contribution in [-0.4, -0.2) is 66.3 Å². The summed E-state index contributed by atoms with van der Waals surface area (Å²) in [6.07, 6.45) is 3.69. The van der Waals surface area contributed by atoms with E-state index in [1.807, 2.05) is 18.2 Å². The highest BCUT2D eigenvalue weighted by Gasteiger charge is 2.33. The number of likely N-dealkylation sites (N-methyl/N-ethyl adjacent to an activating group) is 1. The van der Waals surface area contributed by atoms with Gasteiger partial charge in [-0.1, -0.05) is 25.0 Å². The first kappa shape index (κ1) is 17.4. The van der Waals surface area contributed by atoms with E-state index in [4.69, 9.17) is 4.74 Å². The van der Waals surface area contributed by atoms with Crippen LogP contribution in [-0.2, 0) is 11.3 Å². The number of nitrogens with zero attached hydrogens (tertiary/aromatic N) is 2. The van der Waals surface area contributed by atoms with E-state index in [1.165, 1.54) is 0 Å². The second-order valence-electron chi connectivity index (χ2n) is 7.18. The molecule has 2 aliphatic rings. The van der Waals surface area contributed by atoms with E-state index in [0.29, 0.717) is 12.1 Å². The van der Waals surface area contributed by atoms with E-state index in [1.54, 1.807) is 11.9 Å². The molecule has 132 valence electrons. The number of aliphatic hydroxyl groups is 1. The van der Waals surface area contributed by atoms with Gasteiger partial charge in [0.2, 0.25) is 0 Å². The van der Waals surface area contributed by atoms with E-state index in [0.717, 1.165) is 64.1 Å². The Morgan fingerprint density at radius 1 is 1.29 bits per heavy atom. The van der Waals surface area contributed by atoms with Gasteiger partial charge >= 0.3 is 0 Å². The molecular formula is C19H28N2O3. The standard InChI is InChI=1S/C19H28N2O3/c1-20(15-19(23)7-2-3-8-19)18(22)17-6-4-5-16(13-17)14-21-9-11-24-12-10-21/h4-6,13,23H,2-3,7-12,14-15H2,1H3. The lowest BCUT2D eigenvalue weighted by molar-refractivity contribution is 0.0156. The monoisotopic (exact) mass is 332 g/mol. The molecule has 1 aromatic rings. The van der Waals surface area contributed by atoms with Gasteiger partial charge in [0.15, 0.2) is 0 Å². The fraction of sp³-hybridized carbons (Fsp3) is 0.632. The molecule has 5 nitrogen and oxygen atoms in total. The Morgan fingerprint density at radius 2 is 2.00 bits per heavy atom. The molecular weight excluding hydrogens is 304 g/mol. The fourth-order valence-corrected chi connectivity index (χ4v) is 3.75. The summed E-state index contributed by atoms with van der Waals surface area (Å²) in [5, 5.41) is 10.5. The third-order valence-electron chi connectivity index (χ3n) is 5.10. The first-order valence-electron chi connectivity index (χ1n) is 8.93. The Kier molecular flexibility index (Phi) is 5.54. The molecule has 24 heavy (non-hydrogen) atoms. The van der Waals surface area contributed by atoms with Gasteiger partial charge in [0.25, 0.3) is 5.91 Å². The predicted octanol–water partition coefficient (Wildman–Crippen LogP) is 1.90. The smallest absolute Gasteiger partial charge is 0.253 e. The molecule has 2 fully saturated rings. The van der Waals surface area contributed by atoms with Crippen LogP contribution < -0.4 is 0 Å². The largest absolute Gasteiger partial charge is 0.388 e. The Morgan fingerprint density at radius 3 is 2.71 bits per heavy atom. The number of amides is 1.